The van der Waals surface area contributed by atoms with E-state index in [1.165, 1.54) is 16.2 Å². The molecular weight excluding hydrogens is 490 g/mol. The van der Waals surface area contributed by atoms with Gasteiger partial charge in [-0.1, -0.05) is 91.0 Å². The smallest absolute Gasteiger partial charge is 0.235 e. The number of furan rings is 1. The zero-order valence-corrected chi connectivity index (χ0v) is 21.4. The minimum atomic E-state index is 0.660. The van der Waals surface area contributed by atoms with Crippen molar-refractivity contribution in [3.05, 3.63) is 127 Å². The standard InChI is InChI=1S/C36H21N3O/c1-2-10-22(11-3-1)35-25-13-4-7-15-29(25)37-36(38-35)39-30-16-8-5-12-24(30)28-20-23-18-19-33-34(27(23)21-31(28)39)26-14-6-9-17-32(26)40-33/h1-21H. The zero-order chi connectivity index (χ0) is 26.2. The molecule has 9 rings (SSSR count). The van der Waals surface area contributed by atoms with Gasteiger partial charge in [0.05, 0.1) is 22.2 Å². The summed E-state index contributed by atoms with van der Waals surface area (Å²) < 4.78 is 8.44. The molecule has 0 bridgehead atoms. The Bertz CT molecular complexity index is 2430. The summed E-state index contributed by atoms with van der Waals surface area (Å²) in [6.07, 6.45) is 0. The van der Waals surface area contributed by atoms with Gasteiger partial charge in [0, 0.05) is 32.5 Å². The molecule has 9 aromatic rings. The summed E-state index contributed by atoms with van der Waals surface area (Å²) in [7, 11) is 0. The predicted octanol–water partition coefficient (Wildman–Crippen LogP) is 9.45. The second kappa shape index (κ2) is 8.01. The van der Waals surface area contributed by atoms with E-state index in [-0.39, 0.29) is 0 Å². The summed E-state index contributed by atoms with van der Waals surface area (Å²) in [6.45, 7) is 0. The van der Waals surface area contributed by atoms with Gasteiger partial charge in [-0.15, -0.1) is 0 Å². The number of hydrogen-bond acceptors (Lipinski definition) is 3. The average molecular weight is 512 g/mol. The highest BCUT2D eigenvalue weighted by Crippen LogP contribution is 2.40. The minimum absolute atomic E-state index is 0.660. The summed E-state index contributed by atoms with van der Waals surface area (Å²) in [4.78, 5) is 10.3. The number of fused-ring (bicyclic) bond motifs is 9. The van der Waals surface area contributed by atoms with Crippen LogP contribution in [-0.4, -0.2) is 14.5 Å². The van der Waals surface area contributed by atoms with E-state index in [1.807, 2.05) is 30.3 Å². The first kappa shape index (κ1) is 21.5. The molecule has 0 aliphatic heterocycles. The van der Waals surface area contributed by atoms with Crippen molar-refractivity contribution in [3.8, 4) is 17.2 Å². The lowest BCUT2D eigenvalue weighted by Gasteiger charge is -2.12. The predicted molar refractivity (Wildman–Crippen MR) is 164 cm³/mol. The maximum Gasteiger partial charge on any atom is 0.235 e. The minimum Gasteiger partial charge on any atom is -0.456 e. The van der Waals surface area contributed by atoms with Crippen LogP contribution in [-0.2, 0) is 0 Å². The van der Waals surface area contributed by atoms with Gasteiger partial charge in [0.2, 0.25) is 5.95 Å². The monoisotopic (exact) mass is 511 g/mol. The fourth-order valence-electron chi connectivity index (χ4n) is 6.21. The number of nitrogens with zero attached hydrogens (tertiary/aromatic N) is 3. The molecule has 6 aromatic carbocycles. The lowest BCUT2D eigenvalue weighted by molar-refractivity contribution is 0.669. The molecule has 186 valence electrons. The van der Waals surface area contributed by atoms with Crippen LogP contribution >= 0.6 is 0 Å². The van der Waals surface area contributed by atoms with Gasteiger partial charge in [0.25, 0.3) is 0 Å². The number of aromatic nitrogens is 3. The van der Waals surface area contributed by atoms with E-state index in [2.05, 4.69) is 102 Å². The summed E-state index contributed by atoms with van der Waals surface area (Å²) in [5.41, 5.74) is 6.86. The lowest BCUT2D eigenvalue weighted by atomic mass is 10.0. The number of rotatable bonds is 2. The first-order valence-corrected chi connectivity index (χ1v) is 13.4. The lowest BCUT2D eigenvalue weighted by Crippen LogP contribution is -2.03. The zero-order valence-electron chi connectivity index (χ0n) is 21.4. The van der Waals surface area contributed by atoms with E-state index in [9.17, 15) is 0 Å². The van der Waals surface area contributed by atoms with Crippen molar-refractivity contribution in [3.63, 3.8) is 0 Å². The molecule has 0 N–H and O–H groups in total. The van der Waals surface area contributed by atoms with Crippen LogP contribution in [0.2, 0.25) is 0 Å². The fraction of sp³-hybridized carbons (Fsp3) is 0. The number of para-hydroxylation sites is 3. The van der Waals surface area contributed by atoms with E-state index in [1.54, 1.807) is 0 Å². The van der Waals surface area contributed by atoms with E-state index in [0.29, 0.717) is 5.95 Å². The quantitative estimate of drug-likeness (QED) is 0.232. The molecule has 0 atom stereocenters. The average Bonchev–Trinajstić information content (AvgIpc) is 3.55. The molecule has 4 heteroatoms. The Hall–Kier alpha value is -5.48. The SMILES string of the molecule is c1ccc(-c2nc(-n3c4ccccc4c4cc5ccc6oc7ccccc7c6c5cc43)nc3ccccc23)cc1. The van der Waals surface area contributed by atoms with Crippen LogP contribution in [0.1, 0.15) is 0 Å². The van der Waals surface area contributed by atoms with E-state index in [4.69, 9.17) is 14.4 Å². The van der Waals surface area contributed by atoms with Crippen LogP contribution < -0.4 is 0 Å². The van der Waals surface area contributed by atoms with Crippen LogP contribution in [0.5, 0.6) is 0 Å². The van der Waals surface area contributed by atoms with Crippen molar-refractivity contribution < 1.29 is 4.42 Å². The van der Waals surface area contributed by atoms with Gasteiger partial charge in [0.1, 0.15) is 11.2 Å². The third-order valence-electron chi connectivity index (χ3n) is 7.99. The molecule has 0 aliphatic carbocycles. The fourth-order valence-corrected chi connectivity index (χ4v) is 6.21. The summed E-state index contributed by atoms with van der Waals surface area (Å²) in [5.74, 6) is 0.660. The third-order valence-corrected chi connectivity index (χ3v) is 7.99. The Labute approximate surface area is 228 Å². The Morgan fingerprint density at radius 3 is 2.15 bits per heavy atom. The summed E-state index contributed by atoms with van der Waals surface area (Å²) in [6, 6.07) is 44.2. The molecule has 0 saturated heterocycles. The highest BCUT2D eigenvalue weighted by Gasteiger charge is 2.19. The van der Waals surface area contributed by atoms with Gasteiger partial charge in [-0.3, -0.25) is 4.57 Å². The van der Waals surface area contributed by atoms with Gasteiger partial charge in [-0.05, 0) is 47.2 Å². The van der Waals surface area contributed by atoms with Crippen molar-refractivity contribution in [1.29, 1.82) is 0 Å². The molecule has 0 radical (unpaired) electrons. The van der Waals surface area contributed by atoms with Gasteiger partial charge < -0.3 is 4.42 Å². The van der Waals surface area contributed by atoms with Gasteiger partial charge in [0.15, 0.2) is 0 Å². The second-order valence-electron chi connectivity index (χ2n) is 10.2. The maximum atomic E-state index is 6.23. The first-order valence-electron chi connectivity index (χ1n) is 13.4. The van der Waals surface area contributed by atoms with Crippen molar-refractivity contribution in [1.82, 2.24) is 14.5 Å². The molecule has 0 fully saturated rings. The molecule has 0 unspecified atom stereocenters. The molecule has 0 amide bonds. The first-order chi connectivity index (χ1) is 19.8. The van der Waals surface area contributed by atoms with E-state index in [0.717, 1.165) is 60.5 Å². The van der Waals surface area contributed by atoms with Crippen molar-refractivity contribution in [2.24, 2.45) is 0 Å². The van der Waals surface area contributed by atoms with Crippen LogP contribution in [0, 0.1) is 0 Å². The summed E-state index contributed by atoms with van der Waals surface area (Å²) >= 11 is 0. The normalized spacial score (nSPS) is 12.0. The van der Waals surface area contributed by atoms with Crippen LogP contribution in [0.4, 0.5) is 0 Å². The Balaban J connectivity index is 1.44. The molecule has 4 nitrogen and oxygen atoms in total. The molecular formula is C36H21N3O. The second-order valence-corrected chi connectivity index (χ2v) is 10.2. The van der Waals surface area contributed by atoms with E-state index < -0.39 is 0 Å². The molecule has 0 saturated carbocycles. The van der Waals surface area contributed by atoms with Gasteiger partial charge in [-0.2, -0.15) is 0 Å². The molecule has 40 heavy (non-hydrogen) atoms. The Kier molecular flexibility index (Phi) is 4.30. The molecule has 0 aliphatic rings. The number of hydrogen-bond donors (Lipinski definition) is 0. The molecule has 3 heterocycles. The Morgan fingerprint density at radius 1 is 0.500 bits per heavy atom. The van der Waals surface area contributed by atoms with Crippen LogP contribution in [0.25, 0.3) is 82.6 Å². The van der Waals surface area contributed by atoms with Gasteiger partial charge >= 0.3 is 0 Å². The Morgan fingerprint density at radius 2 is 1.25 bits per heavy atom. The number of benzene rings is 6. The summed E-state index contributed by atoms with van der Waals surface area (Å²) in [5, 5.41) is 7.98. The van der Waals surface area contributed by atoms with E-state index >= 15 is 0 Å². The van der Waals surface area contributed by atoms with Crippen molar-refractivity contribution >= 4 is 65.4 Å². The highest BCUT2D eigenvalue weighted by molar-refractivity contribution is 6.23. The maximum absolute atomic E-state index is 6.23. The van der Waals surface area contributed by atoms with Crippen LogP contribution in [0.3, 0.4) is 0 Å². The highest BCUT2D eigenvalue weighted by atomic mass is 16.3. The van der Waals surface area contributed by atoms with Crippen molar-refractivity contribution in [2.45, 2.75) is 0 Å². The van der Waals surface area contributed by atoms with Crippen molar-refractivity contribution in [2.75, 3.05) is 0 Å². The van der Waals surface area contributed by atoms with Crippen LogP contribution in [0.15, 0.2) is 132 Å². The third kappa shape index (κ3) is 2.96. The van der Waals surface area contributed by atoms with Gasteiger partial charge in [-0.25, -0.2) is 9.97 Å². The largest absolute Gasteiger partial charge is 0.456 e. The molecule has 3 aromatic heterocycles. The topological polar surface area (TPSA) is 43.9 Å². The molecule has 0 spiro atoms.